The minimum absolute atomic E-state index is 0.0223. The van der Waals surface area contributed by atoms with Gasteiger partial charge >= 0.3 is 0 Å². The number of rotatable bonds is 3. The van der Waals surface area contributed by atoms with E-state index in [4.69, 9.17) is 16.9 Å². The van der Waals surface area contributed by atoms with Gasteiger partial charge in [-0.15, -0.1) is 0 Å². The van der Waals surface area contributed by atoms with Gasteiger partial charge in [-0.1, -0.05) is 18.2 Å². The molecule has 0 saturated heterocycles. The Morgan fingerprint density at radius 1 is 1.38 bits per heavy atom. The maximum atomic E-state index is 9.72. The van der Waals surface area contributed by atoms with E-state index in [-0.39, 0.29) is 5.76 Å². The molecule has 1 N–H and O–H groups in total. The summed E-state index contributed by atoms with van der Waals surface area (Å²) in [6, 6.07) is 11.1. The summed E-state index contributed by atoms with van der Waals surface area (Å²) in [5.74, 6) is 0.861. The lowest BCUT2D eigenvalue weighted by atomic mass is 9.99. The summed E-state index contributed by atoms with van der Waals surface area (Å²) in [5, 5.41) is 19.4. The number of hydrogen-bond donors (Lipinski definition) is 1. The number of nitrogens with zero attached hydrogens (tertiary/aromatic N) is 3. The topological polar surface area (TPSA) is 61.8 Å². The van der Waals surface area contributed by atoms with Crippen molar-refractivity contribution in [3.8, 4) is 6.07 Å². The lowest BCUT2D eigenvalue weighted by Gasteiger charge is -2.12. The third kappa shape index (κ3) is 2.64. The van der Waals surface area contributed by atoms with E-state index in [2.05, 4.69) is 17.6 Å². The SMILES string of the molecule is C=C(O)c1ccc(Cl)c(Cc2nc3cc(C#N)ccc3n2C)c1C. The van der Waals surface area contributed by atoms with Crippen LogP contribution >= 0.6 is 11.6 Å². The second-order valence-electron chi connectivity index (χ2n) is 5.72. The molecule has 3 aromatic rings. The van der Waals surface area contributed by atoms with Crippen molar-refractivity contribution in [1.29, 1.82) is 5.26 Å². The Hall–Kier alpha value is -2.77. The summed E-state index contributed by atoms with van der Waals surface area (Å²) in [4.78, 5) is 4.64. The number of hydrogen-bond acceptors (Lipinski definition) is 3. The van der Waals surface area contributed by atoms with Crippen LogP contribution in [0.2, 0.25) is 5.02 Å². The van der Waals surface area contributed by atoms with Gasteiger partial charge in [-0.2, -0.15) is 5.26 Å². The molecule has 120 valence electrons. The monoisotopic (exact) mass is 337 g/mol. The quantitative estimate of drug-likeness (QED) is 0.714. The molecule has 0 aliphatic heterocycles. The molecule has 0 radical (unpaired) electrons. The number of benzene rings is 2. The Bertz CT molecular complexity index is 1010. The molecule has 0 aliphatic carbocycles. The van der Waals surface area contributed by atoms with Gasteiger partial charge in [0.05, 0.1) is 22.7 Å². The molecule has 1 heterocycles. The first-order valence-corrected chi connectivity index (χ1v) is 7.82. The molecular formula is C19H16ClN3O. The van der Waals surface area contributed by atoms with Crippen LogP contribution in [-0.4, -0.2) is 14.7 Å². The van der Waals surface area contributed by atoms with E-state index in [0.717, 1.165) is 28.0 Å². The van der Waals surface area contributed by atoms with Crippen molar-refractivity contribution in [3.05, 3.63) is 70.0 Å². The van der Waals surface area contributed by atoms with Crippen molar-refractivity contribution in [2.24, 2.45) is 7.05 Å². The Labute approximate surface area is 145 Å². The van der Waals surface area contributed by atoms with Crippen molar-refractivity contribution < 1.29 is 5.11 Å². The average Bonchev–Trinajstić information content (AvgIpc) is 2.86. The zero-order valence-electron chi connectivity index (χ0n) is 13.5. The Balaban J connectivity index is 2.11. The number of aromatic nitrogens is 2. The molecule has 0 saturated carbocycles. The molecule has 0 bridgehead atoms. The maximum absolute atomic E-state index is 9.72. The highest BCUT2D eigenvalue weighted by atomic mass is 35.5. The molecule has 1 aromatic heterocycles. The van der Waals surface area contributed by atoms with Gasteiger partial charge in [0.15, 0.2) is 0 Å². The standard InChI is InChI=1S/C19H16ClN3O/c1-11-14(12(2)24)5-6-16(20)15(11)9-19-22-17-8-13(10-21)4-7-18(17)23(19)3/h4-8,24H,2,9H2,1,3H3. The van der Waals surface area contributed by atoms with Crippen molar-refractivity contribution in [1.82, 2.24) is 9.55 Å². The smallest absolute Gasteiger partial charge is 0.115 e. The fourth-order valence-corrected chi connectivity index (χ4v) is 3.16. The van der Waals surface area contributed by atoms with E-state index in [0.29, 0.717) is 22.6 Å². The van der Waals surface area contributed by atoms with E-state index in [1.165, 1.54) is 0 Å². The highest BCUT2D eigenvalue weighted by molar-refractivity contribution is 6.31. The minimum Gasteiger partial charge on any atom is -0.508 e. The van der Waals surface area contributed by atoms with Gasteiger partial charge in [-0.3, -0.25) is 0 Å². The number of aliphatic hydroxyl groups excluding tert-OH is 1. The van der Waals surface area contributed by atoms with Crippen molar-refractivity contribution >= 4 is 28.4 Å². The number of imidazole rings is 1. The van der Waals surface area contributed by atoms with E-state index in [1.807, 2.05) is 24.6 Å². The predicted molar refractivity (Wildman–Crippen MR) is 96.1 cm³/mol. The van der Waals surface area contributed by atoms with Crippen molar-refractivity contribution in [2.45, 2.75) is 13.3 Å². The molecule has 5 heteroatoms. The zero-order valence-corrected chi connectivity index (χ0v) is 14.2. The summed E-state index contributed by atoms with van der Waals surface area (Å²) in [6.07, 6.45) is 0.527. The fourth-order valence-electron chi connectivity index (χ4n) is 2.89. The van der Waals surface area contributed by atoms with E-state index >= 15 is 0 Å². The first kappa shape index (κ1) is 16.1. The largest absolute Gasteiger partial charge is 0.508 e. The number of aryl methyl sites for hydroxylation is 1. The average molecular weight is 338 g/mol. The van der Waals surface area contributed by atoms with Crippen LogP contribution < -0.4 is 0 Å². The predicted octanol–water partition coefficient (Wildman–Crippen LogP) is 4.53. The lowest BCUT2D eigenvalue weighted by Crippen LogP contribution is -2.03. The molecule has 2 aromatic carbocycles. The molecule has 0 aliphatic rings. The summed E-state index contributed by atoms with van der Waals surface area (Å²) < 4.78 is 1.99. The first-order chi connectivity index (χ1) is 11.4. The summed E-state index contributed by atoms with van der Waals surface area (Å²) in [5.41, 5.74) is 4.80. The minimum atomic E-state index is 0.0223. The second-order valence-corrected chi connectivity index (χ2v) is 6.13. The third-order valence-corrected chi connectivity index (χ3v) is 4.64. The van der Waals surface area contributed by atoms with Gasteiger partial charge in [-0.05, 0) is 48.4 Å². The third-order valence-electron chi connectivity index (χ3n) is 4.29. The van der Waals surface area contributed by atoms with Crippen LogP contribution in [0.1, 0.15) is 28.1 Å². The van der Waals surface area contributed by atoms with Gasteiger partial charge in [0, 0.05) is 24.1 Å². The van der Waals surface area contributed by atoms with Gasteiger partial charge in [0.1, 0.15) is 11.6 Å². The molecule has 4 nitrogen and oxygen atoms in total. The molecule has 24 heavy (non-hydrogen) atoms. The van der Waals surface area contributed by atoms with Gasteiger partial charge < -0.3 is 9.67 Å². The lowest BCUT2D eigenvalue weighted by molar-refractivity contribution is 0.513. The summed E-state index contributed by atoms with van der Waals surface area (Å²) >= 11 is 6.36. The van der Waals surface area contributed by atoms with Gasteiger partial charge in [-0.25, -0.2) is 4.98 Å². The molecule has 3 rings (SSSR count). The fraction of sp³-hybridized carbons (Fsp3) is 0.158. The van der Waals surface area contributed by atoms with Gasteiger partial charge in [0.25, 0.3) is 0 Å². The van der Waals surface area contributed by atoms with Crippen LogP contribution in [0.3, 0.4) is 0 Å². The Morgan fingerprint density at radius 2 is 2.12 bits per heavy atom. The first-order valence-electron chi connectivity index (χ1n) is 7.44. The van der Waals surface area contributed by atoms with Crippen molar-refractivity contribution in [2.75, 3.05) is 0 Å². The summed E-state index contributed by atoms with van der Waals surface area (Å²) in [6.45, 7) is 5.51. The number of aliphatic hydroxyl groups is 1. The normalized spacial score (nSPS) is 10.8. The number of nitriles is 1. The molecule has 0 fully saturated rings. The maximum Gasteiger partial charge on any atom is 0.115 e. The van der Waals surface area contributed by atoms with Crippen LogP contribution in [0.4, 0.5) is 0 Å². The Kier molecular flexibility index (Phi) is 4.04. The van der Waals surface area contributed by atoms with Crippen LogP contribution in [0.15, 0.2) is 36.9 Å². The highest BCUT2D eigenvalue weighted by Gasteiger charge is 2.15. The van der Waals surface area contributed by atoms with Crippen LogP contribution in [0, 0.1) is 18.3 Å². The van der Waals surface area contributed by atoms with Crippen molar-refractivity contribution in [3.63, 3.8) is 0 Å². The molecule has 0 spiro atoms. The van der Waals surface area contributed by atoms with Crippen LogP contribution in [0.5, 0.6) is 0 Å². The van der Waals surface area contributed by atoms with Crippen LogP contribution in [0.25, 0.3) is 16.8 Å². The number of fused-ring (bicyclic) bond motifs is 1. The molecule has 0 amide bonds. The van der Waals surface area contributed by atoms with Crippen LogP contribution in [-0.2, 0) is 13.5 Å². The molecule has 0 atom stereocenters. The highest BCUT2D eigenvalue weighted by Crippen LogP contribution is 2.29. The second kappa shape index (κ2) is 6.03. The molecular weight excluding hydrogens is 322 g/mol. The van der Waals surface area contributed by atoms with E-state index in [9.17, 15) is 5.11 Å². The van der Waals surface area contributed by atoms with E-state index < -0.39 is 0 Å². The number of halogens is 1. The zero-order chi connectivity index (χ0) is 17.4. The summed E-state index contributed by atoms with van der Waals surface area (Å²) in [7, 11) is 1.94. The molecule has 0 unspecified atom stereocenters. The van der Waals surface area contributed by atoms with Gasteiger partial charge in [0.2, 0.25) is 0 Å². The Morgan fingerprint density at radius 3 is 2.79 bits per heavy atom. The van der Waals surface area contributed by atoms with E-state index in [1.54, 1.807) is 24.3 Å².